The van der Waals surface area contributed by atoms with Crippen LogP contribution in [0.4, 0.5) is 0 Å². The third kappa shape index (κ3) is 3.22. The van der Waals surface area contributed by atoms with Gasteiger partial charge in [0.2, 0.25) is 0 Å². The lowest BCUT2D eigenvalue weighted by molar-refractivity contribution is 0.0136. The second kappa shape index (κ2) is 6.19. The minimum absolute atomic E-state index is 0.0104. The van der Waals surface area contributed by atoms with E-state index in [4.69, 9.17) is 10.6 Å². The Kier molecular flexibility index (Phi) is 4.87. The van der Waals surface area contributed by atoms with Crippen LogP contribution >= 0.6 is 0 Å². The zero-order chi connectivity index (χ0) is 14.6. The predicted molar refractivity (Wildman–Crippen MR) is 64.5 cm³/mol. The van der Waals surface area contributed by atoms with Gasteiger partial charge < -0.3 is 15.3 Å². The Morgan fingerprint density at radius 1 is 1.58 bits per heavy atom. The molecule has 0 aliphatic rings. The zero-order valence-corrected chi connectivity index (χ0v) is 10.6. The van der Waals surface area contributed by atoms with Crippen molar-refractivity contribution in [2.45, 2.75) is 25.6 Å². The molecule has 19 heavy (non-hydrogen) atoms. The van der Waals surface area contributed by atoms with Crippen molar-refractivity contribution in [3.8, 4) is 0 Å². The van der Waals surface area contributed by atoms with Crippen LogP contribution in [0.3, 0.4) is 0 Å². The van der Waals surface area contributed by atoms with E-state index < -0.39 is 18.2 Å². The normalized spacial score (nSPS) is 13.7. The number of azide groups is 1. The fourth-order valence-corrected chi connectivity index (χ4v) is 1.87. The standard InChI is InChI=1S/C10H15N5O4/c1-5-7(8(10(18)19)15(2)13-5)9(17)6(16)3-4-12-14-11/h6,9,16-17H,3-4H2,1-2H3,(H,18,19). The van der Waals surface area contributed by atoms with Crippen molar-refractivity contribution in [3.05, 3.63) is 27.4 Å². The number of aromatic carboxylic acids is 1. The molecule has 0 spiro atoms. The summed E-state index contributed by atoms with van der Waals surface area (Å²) in [5.74, 6) is -1.24. The number of hydrogen-bond donors (Lipinski definition) is 3. The first kappa shape index (κ1) is 15.0. The van der Waals surface area contributed by atoms with Gasteiger partial charge in [0.1, 0.15) is 6.10 Å². The Balaban J connectivity index is 3.01. The van der Waals surface area contributed by atoms with Gasteiger partial charge in [0.15, 0.2) is 5.69 Å². The van der Waals surface area contributed by atoms with Gasteiger partial charge in [-0.3, -0.25) is 4.68 Å². The van der Waals surface area contributed by atoms with Gasteiger partial charge in [0, 0.05) is 24.1 Å². The van der Waals surface area contributed by atoms with Crippen molar-refractivity contribution < 1.29 is 20.1 Å². The Labute approximate surface area is 108 Å². The van der Waals surface area contributed by atoms with Crippen LogP contribution in [0.25, 0.3) is 10.4 Å². The molecule has 0 aliphatic heterocycles. The highest BCUT2D eigenvalue weighted by atomic mass is 16.4. The Morgan fingerprint density at radius 2 is 2.21 bits per heavy atom. The maximum absolute atomic E-state index is 11.1. The molecule has 1 aromatic rings. The number of carboxylic acid groups (broad SMARTS) is 1. The Bertz CT molecular complexity index is 520. The Morgan fingerprint density at radius 3 is 2.74 bits per heavy atom. The second-order valence-electron chi connectivity index (χ2n) is 4.03. The molecule has 104 valence electrons. The summed E-state index contributed by atoms with van der Waals surface area (Å²) < 4.78 is 1.14. The molecule has 0 radical (unpaired) electrons. The highest BCUT2D eigenvalue weighted by Crippen LogP contribution is 2.25. The number of hydrogen-bond acceptors (Lipinski definition) is 5. The van der Waals surface area contributed by atoms with Crippen LogP contribution < -0.4 is 0 Å². The third-order valence-corrected chi connectivity index (χ3v) is 2.72. The van der Waals surface area contributed by atoms with E-state index in [-0.39, 0.29) is 24.2 Å². The van der Waals surface area contributed by atoms with Crippen molar-refractivity contribution in [1.82, 2.24) is 9.78 Å². The first-order chi connectivity index (χ1) is 8.90. The molecule has 0 bridgehead atoms. The van der Waals surface area contributed by atoms with Gasteiger partial charge in [-0.05, 0) is 18.9 Å². The lowest BCUT2D eigenvalue weighted by atomic mass is 10.00. The first-order valence-corrected chi connectivity index (χ1v) is 5.54. The molecule has 0 aliphatic carbocycles. The van der Waals surface area contributed by atoms with Gasteiger partial charge in [0.05, 0.1) is 11.8 Å². The largest absolute Gasteiger partial charge is 0.477 e. The zero-order valence-electron chi connectivity index (χ0n) is 10.6. The molecule has 2 atom stereocenters. The van der Waals surface area contributed by atoms with Crippen LogP contribution in [0.5, 0.6) is 0 Å². The molecule has 9 heteroatoms. The SMILES string of the molecule is Cc1nn(C)c(C(=O)O)c1C(O)C(O)CCN=[N+]=[N-]. The topological polar surface area (TPSA) is 144 Å². The summed E-state index contributed by atoms with van der Waals surface area (Å²) >= 11 is 0. The predicted octanol–water partition coefficient (Wildman–Crippen LogP) is 0.521. The van der Waals surface area contributed by atoms with E-state index in [1.54, 1.807) is 6.92 Å². The van der Waals surface area contributed by atoms with E-state index in [0.29, 0.717) is 5.69 Å². The minimum Gasteiger partial charge on any atom is -0.477 e. The van der Waals surface area contributed by atoms with Gasteiger partial charge in [-0.25, -0.2) is 4.79 Å². The molecule has 0 saturated heterocycles. The van der Waals surface area contributed by atoms with E-state index >= 15 is 0 Å². The monoisotopic (exact) mass is 269 g/mol. The number of carbonyl (C=O) groups is 1. The van der Waals surface area contributed by atoms with Gasteiger partial charge in [-0.1, -0.05) is 5.11 Å². The molecule has 0 fully saturated rings. The molecule has 0 saturated carbocycles. The van der Waals surface area contributed by atoms with Crippen molar-refractivity contribution in [1.29, 1.82) is 0 Å². The van der Waals surface area contributed by atoms with E-state index in [1.807, 2.05) is 0 Å². The molecule has 0 aromatic carbocycles. The van der Waals surface area contributed by atoms with Crippen molar-refractivity contribution in [2.75, 3.05) is 6.54 Å². The van der Waals surface area contributed by atoms with Gasteiger partial charge in [-0.2, -0.15) is 5.10 Å². The highest BCUT2D eigenvalue weighted by Gasteiger charge is 2.29. The average molecular weight is 269 g/mol. The average Bonchev–Trinajstić information content (AvgIpc) is 2.63. The number of carboxylic acids is 1. The number of aryl methyl sites for hydroxylation is 2. The highest BCUT2D eigenvalue weighted by molar-refractivity contribution is 5.88. The van der Waals surface area contributed by atoms with Crippen molar-refractivity contribution in [2.24, 2.45) is 12.2 Å². The molecule has 1 aromatic heterocycles. The third-order valence-electron chi connectivity index (χ3n) is 2.72. The lowest BCUT2D eigenvalue weighted by Gasteiger charge is -2.17. The quantitative estimate of drug-likeness (QED) is 0.391. The van der Waals surface area contributed by atoms with Crippen LogP contribution in [0.1, 0.15) is 34.3 Å². The van der Waals surface area contributed by atoms with Crippen molar-refractivity contribution >= 4 is 5.97 Å². The summed E-state index contributed by atoms with van der Waals surface area (Å²) in [6.45, 7) is 1.56. The molecule has 0 amide bonds. The Hall–Kier alpha value is -2.09. The van der Waals surface area contributed by atoms with Gasteiger partial charge >= 0.3 is 5.97 Å². The fourth-order valence-electron chi connectivity index (χ4n) is 1.87. The van der Waals surface area contributed by atoms with Crippen LogP contribution in [-0.4, -0.2) is 43.7 Å². The maximum Gasteiger partial charge on any atom is 0.354 e. The van der Waals surface area contributed by atoms with E-state index in [1.165, 1.54) is 7.05 Å². The minimum atomic E-state index is -1.39. The van der Waals surface area contributed by atoms with Crippen LogP contribution in [-0.2, 0) is 7.05 Å². The molecule has 9 nitrogen and oxygen atoms in total. The van der Waals surface area contributed by atoms with Crippen LogP contribution in [0, 0.1) is 6.92 Å². The number of aromatic nitrogens is 2. The molecule has 1 rings (SSSR count). The summed E-state index contributed by atoms with van der Waals surface area (Å²) in [5.41, 5.74) is 8.35. The van der Waals surface area contributed by atoms with Crippen molar-refractivity contribution in [3.63, 3.8) is 0 Å². The molecule has 2 unspecified atom stereocenters. The van der Waals surface area contributed by atoms with Crippen LogP contribution in [0.15, 0.2) is 5.11 Å². The first-order valence-electron chi connectivity index (χ1n) is 5.54. The molecule has 1 heterocycles. The number of rotatable bonds is 6. The molecular formula is C10H15N5O4. The number of aliphatic hydroxyl groups excluding tert-OH is 2. The van der Waals surface area contributed by atoms with Gasteiger partial charge in [-0.15, -0.1) is 0 Å². The summed E-state index contributed by atoms with van der Waals surface area (Å²) in [7, 11) is 1.44. The number of aliphatic hydroxyl groups is 2. The smallest absolute Gasteiger partial charge is 0.354 e. The van der Waals surface area contributed by atoms with Crippen LogP contribution in [0.2, 0.25) is 0 Å². The molecule has 3 N–H and O–H groups in total. The molecular weight excluding hydrogens is 254 g/mol. The van der Waals surface area contributed by atoms with E-state index in [0.717, 1.165) is 4.68 Å². The van der Waals surface area contributed by atoms with E-state index in [2.05, 4.69) is 15.1 Å². The summed E-state index contributed by atoms with van der Waals surface area (Å²) in [6, 6.07) is 0. The summed E-state index contributed by atoms with van der Waals surface area (Å²) in [4.78, 5) is 13.7. The summed E-state index contributed by atoms with van der Waals surface area (Å²) in [6.07, 6.45) is -2.60. The summed E-state index contributed by atoms with van der Waals surface area (Å²) in [5, 5.41) is 36.0. The van der Waals surface area contributed by atoms with E-state index in [9.17, 15) is 15.0 Å². The number of nitrogens with zero attached hydrogens (tertiary/aromatic N) is 5. The van der Waals surface area contributed by atoms with Gasteiger partial charge in [0.25, 0.3) is 0 Å². The lowest BCUT2D eigenvalue weighted by Crippen LogP contribution is -2.22. The second-order valence-corrected chi connectivity index (χ2v) is 4.03. The fraction of sp³-hybridized carbons (Fsp3) is 0.600. The maximum atomic E-state index is 11.1.